The summed E-state index contributed by atoms with van der Waals surface area (Å²) < 4.78 is 5.75. The molecule has 2 unspecified atom stereocenters. The van der Waals surface area contributed by atoms with E-state index in [1.54, 1.807) is 0 Å². The fourth-order valence-electron chi connectivity index (χ4n) is 3.07. The highest BCUT2D eigenvalue weighted by atomic mass is 16.5. The molecule has 0 bridgehead atoms. The van der Waals surface area contributed by atoms with Crippen LogP contribution in [-0.2, 0) is 0 Å². The van der Waals surface area contributed by atoms with E-state index in [1.165, 1.54) is 32.1 Å². The minimum Gasteiger partial charge on any atom is -0.491 e. The molecule has 3 nitrogen and oxygen atoms in total. The first-order chi connectivity index (χ1) is 9.56. The number of nitrogens with one attached hydrogen (secondary N) is 1. The number of nitrogens with two attached hydrogens (primary N) is 1. The van der Waals surface area contributed by atoms with Crippen molar-refractivity contribution in [2.45, 2.75) is 65.0 Å². The van der Waals surface area contributed by atoms with E-state index in [0.29, 0.717) is 6.04 Å². The summed E-state index contributed by atoms with van der Waals surface area (Å²) in [5, 5.41) is 3.64. The lowest BCUT2D eigenvalue weighted by atomic mass is 9.84. The Labute approximate surface area is 122 Å². The van der Waals surface area contributed by atoms with E-state index in [9.17, 15) is 0 Å². The van der Waals surface area contributed by atoms with Crippen molar-refractivity contribution in [2.75, 3.05) is 11.1 Å². The van der Waals surface area contributed by atoms with Crippen LogP contribution in [0.4, 0.5) is 11.4 Å². The molecule has 0 aliphatic heterocycles. The van der Waals surface area contributed by atoms with Crippen molar-refractivity contribution in [3.05, 3.63) is 18.2 Å². The third-order valence-corrected chi connectivity index (χ3v) is 4.03. The molecule has 20 heavy (non-hydrogen) atoms. The third-order valence-electron chi connectivity index (χ3n) is 4.03. The van der Waals surface area contributed by atoms with E-state index in [-0.39, 0.29) is 6.10 Å². The first-order valence-corrected chi connectivity index (χ1v) is 7.90. The SMILES string of the molecule is CCC1CCCC(Nc2cc(N)cc(OC(C)C)c2)C1. The zero-order valence-corrected chi connectivity index (χ0v) is 13.0. The molecule has 3 N–H and O–H groups in total. The Morgan fingerprint density at radius 1 is 1.30 bits per heavy atom. The Bertz CT molecular complexity index is 431. The van der Waals surface area contributed by atoms with Crippen LogP contribution >= 0.6 is 0 Å². The topological polar surface area (TPSA) is 47.3 Å². The quantitative estimate of drug-likeness (QED) is 0.782. The highest BCUT2D eigenvalue weighted by Crippen LogP contribution is 2.30. The molecule has 1 aliphatic carbocycles. The molecule has 1 saturated carbocycles. The van der Waals surface area contributed by atoms with E-state index in [2.05, 4.69) is 18.3 Å². The van der Waals surface area contributed by atoms with E-state index in [1.807, 2.05) is 26.0 Å². The van der Waals surface area contributed by atoms with Crippen LogP contribution in [0.25, 0.3) is 0 Å². The summed E-state index contributed by atoms with van der Waals surface area (Å²) >= 11 is 0. The second kappa shape index (κ2) is 6.87. The van der Waals surface area contributed by atoms with E-state index >= 15 is 0 Å². The Morgan fingerprint density at radius 3 is 2.80 bits per heavy atom. The lowest BCUT2D eigenvalue weighted by Crippen LogP contribution is -2.27. The first-order valence-electron chi connectivity index (χ1n) is 7.90. The molecule has 3 heteroatoms. The van der Waals surface area contributed by atoms with Gasteiger partial charge in [-0.15, -0.1) is 0 Å². The van der Waals surface area contributed by atoms with Crippen LogP contribution in [0, 0.1) is 5.92 Å². The Kier molecular flexibility index (Phi) is 5.16. The molecule has 0 spiro atoms. The van der Waals surface area contributed by atoms with Crippen molar-refractivity contribution in [2.24, 2.45) is 5.92 Å². The van der Waals surface area contributed by atoms with Crippen molar-refractivity contribution >= 4 is 11.4 Å². The van der Waals surface area contributed by atoms with Crippen LogP contribution in [0.3, 0.4) is 0 Å². The Hall–Kier alpha value is -1.38. The Balaban J connectivity index is 2.02. The lowest BCUT2D eigenvalue weighted by molar-refractivity contribution is 0.242. The maximum atomic E-state index is 5.97. The van der Waals surface area contributed by atoms with Crippen molar-refractivity contribution < 1.29 is 4.74 Å². The molecule has 0 heterocycles. The standard InChI is InChI=1S/C17H28N2O/c1-4-13-6-5-7-15(8-13)19-16-9-14(18)10-17(11-16)20-12(2)3/h9-13,15,19H,4-8,18H2,1-3H3. The Morgan fingerprint density at radius 2 is 2.10 bits per heavy atom. The second-order valence-electron chi connectivity index (χ2n) is 6.24. The molecule has 112 valence electrons. The number of benzene rings is 1. The number of anilines is 2. The number of nitrogen functional groups attached to an aromatic ring is 1. The van der Waals surface area contributed by atoms with Crippen LogP contribution in [-0.4, -0.2) is 12.1 Å². The van der Waals surface area contributed by atoms with Crippen molar-refractivity contribution in [1.82, 2.24) is 0 Å². The lowest BCUT2D eigenvalue weighted by Gasteiger charge is -2.30. The number of hydrogen-bond donors (Lipinski definition) is 2. The van der Waals surface area contributed by atoms with Gasteiger partial charge in [-0.25, -0.2) is 0 Å². The van der Waals surface area contributed by atoms with Gasteiger partial charge in [0.15, 0.2) is 0 Å². The summed E-state index contributed by atoms with van der Waals surface area (Å²) in [4.78, 5) is 0. The molecule has 0 saturated heterocycles. The van der Waals surface area contributed by atoms with Gasteiger partial charge in [-0.1, -0.05) is 26.2 Å². The third kappa shape index (κ3) is 4.32. The van der Waals surface area contributed by atoms with Crippen LogP contribution < -0.4 is 15.8 Å². The van der Waals surface area contributed by atoms with Gasteiger partial charge >= 0.3 is 0 Å². The average molecular weight is 276 g/mol. The van der Waals surface area contributed by atoms with E-state index < -0.39 is 0 Å². The second-order valence-corrected chi connectivity index (χ2v) is 6.24. The predicted octanol–water partition coefficient (Wildman–Crippen LogP) is 4.44. The first kappa shape index (κ1) is 15.0. The van der Waals surface area contributed by atoms with Gasteiger partial charge in [0, 0.05) is 29.5 Å². The fraction of sp³-hybridized carbons (Fsp3) is 0.647. The van der Waals surface area contributed by atoms with E-state index in [0.717, 1.165) is 23.0 Å². The smallest absolute Gasteiger partial charge is 0.123 e. The molecule has 2 atom stereocenters. The highest BCUT2D eigenvalue weighted by molar-refractivity contribution is 5.59. The van der Waals surface area contributed by atoms with Gasteiger partial charge in [0.1, 0.15) is 5.75 Å². The maximum absolute atomic E-state index is 5.97. The van der Waals surface area contributed by atoms with Gasteiger partial charge in [0.05, 0.1) is 6.10 Å². The van der Waals surface area contributed by atoms with Crippen LogP contribution in [0.15, 0.2) is 18.2 Å². The largest absolute Gasteiger partial charge is 0.491 e. The maximum Gasteiger partial charge on any atom is 0.123 e. The molecule has 1 fully saturated rings. The monoisotopic (exact) mass is 276 g/mol. The summed E-state index contributed by atoms with van der Waals surface area (Å²) in [6.07, 6.45) is 6.69. The molecule has 1 aliphatic rings. The van der Waals surface area contributed by atoms with Crippen LogP contribution in [0.1, 0.15) is 52.9 Å². The summed E-state index contributed by atoms with van der Waals surface area (Å²) in [7, 11) is 0. The van der Waals surface area contributed by atoms with Crippen LogP contribution in [0.2, 0.25) is 0 Å². The van der Waals surface area contributed by atoms with E-state index in [4.69, 9.17) is 10.5 Å². The minimum absolute atomic E-state index is 0.170. The summed E-state index contributed by atoms with van der Waals surface area (Å²) in [6.45, 7) is 6.36. The minimum atomic E-state index is 0.170. The summed E-state index contributed by atoms with van der Waals surface area (Å²) in [6, 6.07) is 6.53. The van der Waals surface area contributed by atoms with Crippen molar-refractivity contribution in [3.8, 4) is 5.75 Å². The number of hydrogen-bond acceptors (Lipinski definition) is 3. The van der Waals surface area contributed by atoms with Gasteiger partial charge < -0.3 is 15.8 Å². The zero-order chi connectivity index (χ0) is 14.5. The molecule has 0 aromatic heterocycles. The molecule has 1 aromatic rings. The van der Waals surface area contributed by atoms with Gasteiger partial charge in [0.2, 0.25) is 0 Å². The summed E-state index contributed by atoms with van der Waals surface area (Å²) in [5.41, 5.74) is 7.82. The molecule has 1 aromatic carbocycles. The molecule has 0 radical (unpaired) electrons. The number of rotatable bonds is 5. The fourth-order valence-corrected chi connectivity index (χ4v) is 3.07. The normalized spacial score (nSPS) is 22.8. The van der Waals surface area contributed by atoms with Crippen molar-refractivity contribution in [1.29, 1.82) is 0 Å². The zero-order valence-electron chi connectivity index (χ0n) is 13.0. The van der Waals surface area contributed by atoms with Crippen LogP contribution in [0.5, 0.6) is 5.75 Å². The summed E-state index contributed by atoms with van der Waals surface area (Å²) in [5.74, 6) is 1.72. The highest BCUT2D eigenvalue weighted by Gasteiger charge is 2.20. The number of ether oxygens (including phenoxy) is 1. The van der Waals surface area contributed by atoms with Gasteiger partial charge in [-0.3, -0.25) is 0 Å². The van der Waals surface area contributed by atoms with Gasteiger partial charge in [0.25, 0.3) is 0 Å². The molecule has 2 rings (SSSR count). The average Bonchev–Trinajstić information content (AvgIpc) is 2.37. The van der Waals surface area contributed by atoms with Crippen molar-refractivity contribution in [3.63, 3.8) is 0 Å². The predicted molar refractivity (Wildman–Crippen MR) is 86.3 cm³/mol. The van der Waals surface area contributed by atoms with Gasteiger partial charge in [-0.05, 0) is 38.7 Å². The molecule has 0 amide bonds. The van der Waals surface area contributed by atoms with Gasteiger partial charge in [-0.2, -0.15) is 0 Å². The molecular weight excluding hydrogens is 248 g/mol. The molecular formula is C17H28N2O.